The van der Waals surface area contributed by atoms with Gasteiger partial charge in [0.2, 0.25) is 0 Å². The van der Waals surface area contributed by atoms with Crippen molar-refractivity contribution in [3.63, 3.8) is 0 Å². The van der Waals surface area contributed by atoms with E-state index in [0.717, 1.165) is 27.8 Å². The number of thiocarbonyl (C=S) groups is 1. The lowest BCUT2D eigenvalue weighted by atomic mass is 10.1. The van der Waals surface area contributed by atoms with E-state index in [-0.39, 0.29) is 16.5 Å². The summed E-state index contributed by atoms with van der Waals surface area (Å²) in [7, 11) is 0. The standard InChI is InChI=1S/C19H21NO5S2/c1-3-24-18(25-4-2)14-10-8-13(9-11-14)6-5-7-15-17(23)20(12-16(21)22)19(26)27-15/h5-11,18H,3-4,12H2,1-2H3,(H,21,22). The summed E-state index contributed by atoms with van der Waals surface area (Å²) in [6.45, 7) is 4.54. The second kappa shape index (κ2) is 10.4. The van der Waals surface area contributed by atoms with Gasteiger partial charge in [-0.15, -0.1) is 0 Å². The average molecular weight is 408 g/mol. The van der Waals surface area contributed by atoms with Crippen LogP contribution in [0.4, 0.5) is 0 Å². The predicted molar refractivity (Wildman–Crippen MR) is 109 cm³/mol. The van der Waals surface area contributed by atoms with Gasteiger partial charge in [-0.25, -0.2) is 0 Å². The highest BCUT2D eigenvalue weighted by molar-refractivity contribution is 8.26. The number of benzene rings is 1. The average Bonchev–Trinajstić information content (AvgIpc) is 2.89. The quantitative estimate of drug-likeness (QED) is 0.381. The summed E-state index contributed by atoms with van der Waals surface area (Å²) in [6.07, 6.45) is 4.85. The Morgan fingerprint density at radius 3 is 2.44 bits per heavy atom. The lowest BCUT2D eigenvalue weighted by molar-refractivity contribution is -0.140. The van der Waals surface area contributed by atoms with Crippen molar-refractivity contribution in [1.82, 2.24) is 4.90 Å². The van der Waals surface area contributed by atoms with Crippen LogP contribution in [0.5, 0.6) is 0 Å². The summed E-state index contributed by atoms with van der Waals surface area (Å²) in [4.78, 5) is 24.4. The van der Waals surface area contributed by atoms with Gasteiger partial charge < -0.3 is 14.6 Å². The third-order valence-corrected chi connectivity index (χ3v) is 4.94. The Labute approximate surface area is 167 Å². The zero-order chi connectivity index (χ0) is 19.8. The molecule has 1 aromatic carbocycles. The number of carboxylic acids is 1. The summed E-state index contributed by atoms with van der Waals surface area (Å²) in [5, 5.41) is 8.84. The highest BCUT2D eigenvalue weighted by atomic mass is 32.2. The largest absolute Gasteiger partial charge is 0.480 e. The van der Waals surface area contributed by atoms with E-state index >= 15 is 0 Å². The van der Waals surface area contributed by atoms with Gasteiger partial charge in [0.1, 0.15) is 10.9 Å². The first-order chi connectivity index (χ1) is 13.0. The highest BCUT2D eigenvalue weighted by Crippen LogP contribution is 2.30. The van der Waals surface area contributed by atoms with Crippen LogP contribution < -0.4 is 0 Å². The lowest BCUT2D eigenvalue weighted by Crippen LogP contribution is -2.33. The fourth-order valence-corrected chi connectivity index (χ4v) is 3.55. The molecule has 8 heteroatoms. The van der Waals surface area contributed by atoms with Crippen molar-refractivity contribution in [3.05, 3.63) is 52.4 Å². The van der Waals surface area contributed by atoms with Gasteiger partial charge in [0.25, 0.3) is 5.91 Å². The van der Waals surface area contributed by atoms with Gasteiger partial charge in [-0.3, -0.25) is 14.5 Å². The van der Waals surface area contributed by atoms with Gasteiger partial charge in [0.15, 0.2) is 6.29 Å². The molecule has 0 radical (unpaired) electrons. The van der Waals surface area contributed by atoms with Gasteiger partial charge in [-0.2, -0.15) is 0 Å². The Morgan fingerprint density at radius 2 is 1.89 bits per heavy atom. The first kappa shape index (κ1) is 21.3. The smallest absolute Gasteiger partial charge is 0.323 e. The van der Waals surface area contributed by atoms with Crippen LogP contribution in [0.1, 0.15) is 31.3 Å². The van der Waals surface area contributed by atoms with Crippen LogP contribution in [0, 0.1) is 0 Å². The number of aliphatic carboxylic acids is 1. The molecule has 1 saturated heterocycles. The molecule has 0 spiro atoms. The number of carbonyl (C=O) groups excluding carboxylic acids is 1. The zero-order valence-corrected chi connectivity index (χ0v) is 16.7. The van der Waals surface area contributed by atoms with Gasteiger partial charge in [0, 0.05) is 18.8 Å². The number of amides is 1. The number of ether oxygens (including phenoxy) is 2. The number of hydrogen-bond acceptors (Lipinski definition) is 6. The maximum absolute atomic E-state index is 12.2. The number of nitrogens with zero attached hydrogens (tertiary/aromatic N) is 1. The van der Waals surface area contributed by atoms with Gasteiger partial charge in [-0.05, 0) is 25.5 Å². The molecular formula is C19H21NO5S2. The second-order valence-corrected chi connectivity index (χ2v) is 7.13. The molecule has 0 bridgehead atoms. The molecule has 0 saturated carbocycles. The van der Waals surface area contributed by atoms with E-state index in [1.165, 1.54) is 0 Å². The Balaban J connectivity index is 2.03. The van der Waals surface area contributed by atoms with Gasteiger partial charge >= 0.3 is 5.97 Å². The van der Waals surface area contributed by atoms with Crippen molar-refractivity contribution < 1.29 is 24.2 Å². The van der Waals surface area contributed by atoms with Crippen LogP contribution in [-0.4, -0.2) is 46.0 Å². The topological polar surface area (TPSA) is 76.1 Å². The number of hydrogen-bond donors (Lipinski definition) is 1. The number of allylic oxidation sites excluding steroid dienone is 2. The predicted octanol–water partition coefficient (Wildman–Crippen LogP) is 3.60. The summed E-state index contributed by atoms with van der Waals surface area (Å²) in [5.74, 6) is -1.48. The van der Waals surface area contributed by atoms with Crippen molar-refractivity contribution in [2.45, 2.75) is 20.1 Å². The maximum Gasteiger partial charge on any atom is 0.323 e. The van der Waals surface area contributed by atoms with E-state index in [9.17, 15) is 9.59 Å². The van der Waals surface area contributed by atoms with E-state index in [1.807, 2.05) is 44.2 Å². The summed E-state index contributed by atoms with van der Waals surface area (Å²) < 4.78 is 11.4. The summed E-state index contributed by atoms with van der Waals surface area (Å²) >= 11 is 6.15. The normalized spacial score (nSPS) is 16.3. The molecule has 0 aromatic heterocycles. The zero-order valence-electron chi connectivity index (χ0n) is 15.1. The van der Waals surface area contributed by atoms with E-state index in [0.29, 0.717) is 18.1 Å². The van der Waals surface area contributed by atoms with E-state index in [2.05, 4.69) is 0 Å². The molecule has 0 unspecified atom stereocenters. The first-order valence-electron chi connectivity index (χ1n) is 8.43. The molecule has 1 aliphatic rings. The molecule has 0 atom stereocenters. The monoisotopic (exact) mass is 407 g/mol. The molecule has 1 aromatic rings. The number of carbonyl (C=O) groups is 2. The Kier molecular flexibility index (Phi) is 8.18. The third-order valence-electron chi connectivity index (χ3n) is 3.55. The molecule has 1 fully saturated rings. The van der Waals surface area contributed by atoms with Crippen molar-refractivity contribution in [3.8, 4) is 0 Å². The van der Waals surface area contributed by atoms with Crippen molar-refractivity contribution in [2.75, 3.05) is 19.8 Å². The Morgan fingerprint density at radius 1 is 1.26 bits per heavy atom. The summed E-state index contributed by atoms with van der Waals surface area (Å²) in [6, 6.07) is 7.73. The van der Waals surface area contributed by atoms with Crippen LogP contribution >= 0.6 is 24.0 Å². The minimum atomic E-state index is -1.10. The van der Waals surface area contributed by atoms with Gasteiger partial charge in [0.05, 0.1) is 4.91 Å². The van der Waals surface area contributed by atoms with E-state index in [1.54, 1.807) is 12.2 Å². The number of carboxylic acid groups (broad SMARTS) is 1. The van der Waals surface area contributed by atoms with Crippen molar-refractivity contribution >= 4 is 46.3 Å². The fraction of sp³-hybridized carbons (Fsp3) is 0.316. The van der Waals surface area contributed by atoms with Crippen LogP contribution in [-0.2, 0) is 19.1 Å². The number of rotatable bonds is 9. The molecule has 1 amide bonds. The molecule has 0 aliphatic carbocycles. The Hall–Kier alpha value is -2.00. The third kappa shape index (κ3) is 6.00. The molecular weight excluding hydrogens is 386 g/mol. The van der Waals surface area contributed by atoms with Crippen LogP contribution in [0.2, 0.25) is 0 Å². The van der Waals surface area contributed by atoms with E-state index in [4.69, 9.17) is 26.8 Å². The molecule has 1 N–H and O–H groups in total. The van der Waals surface area contributed by atoms with Crippen molar-refractivity contribution in [1.29, 1.82) is 0 Å². The second-order valence-electron chi connectivity index (χ2n) is 5.45. The minimum absolute atomic E-state index is 0.254. The van der Waals surface area contributed by atoms with Gasteiger partial charge in [-0.1, -0.05) is 60.4 Å². The molecule has 1 heterocycles. The molecule has 6 nitrogen and oxygen atoms in total. The highest BCUT2D eigenvalue weighted by Gasteiger charge is 2.32. The Bertz CT molecular complexity index is 752. The summed E-state index contributed by atoms with van der Waals surface area (Å²) in [5.41, 5.74) is 1.88. The van der Waals surface area contributed by atoms with E-state index < -0.39 is 12.5 Å². The molecule has 27 heavy (non-hydrogen) atoms. The lowest BCUT2D eigenvalue weighted by Gasteiger charge is -2.17. The minimum Gasteiger partial charge on any atom is -0.480 e. The molecule has 1 aliphatic heterocycles. The van der Waals surface area contributed by atoms with Crippen molar-refractivity contribution in [2.24, 2.45) is 0 Å². The van der Waals surface area contributed by atoms with Crippen LogP contribution in [0.3, 0.4) is 0 Å². The fourth-order valence-electron chi connectivity index (χ4n) is 2.34. The SMILES string of the molecule is CCOC(OCC)c1ccc(C=CC=C2SC(=S)N(CC(=O)O)C2=O)cc1. The van der Waals surface area contributed by atoms with Crippen LogP contribution in [0.15, 0.2) is 41.3 Å². The first-order valence-corrected chi connectivity index (χ1v) is 9.65. The number of thioether (sulfide) groups is 1. The van der Waals surface area contributed by atoms with Crippen LogP contribution in [0.25, 0.3) is 6.08 Å². The molecule has 144 valence electrons. The maximum atomic E-state index is 12.2. The molecule has 2 rings (SSSR count).